The topological polar surface area (TPSA) is 116 Å². The molecule has 4 rings (SSSR count). The quantitative estimate of drug-likeness (QED) is 0.392. The first-order valence-electron chi connectivity index (χ1n) is 10.5. The molecule has 1 atom stereocenters. The Kier molecular flexibility index (Phi) is 6.57. The molecule has 0 fully saturated rings. The fraction of sp³-hybridized carbons (Fsp3) is 0.261. The van der Waals surface area contributed by atoms with Crippen LogP contribution in [0.15, 0.2) is 47.4 Å². The fourth-order valence-electron chi connectivity index (χ4n) is 3.78. The second kappa shape index (κ2) is 9.45. The Labute approximate surface area is 199 Å². The smallest absolute Gasteiger partial charge is 0.328 e. The van der Waals surface area contributed by atoms with Crippen molar-refractivity contribution in [1.82, 2.24) is 19.5 Å². The van der Waals surface area contributed by atoms with E-state index in [4.69, 9.17) is 9.47 Å². The Morgan fingerprint density at radius 3 is 2.60 bits per heavy atom. The standard InChI is InChI=1S/C23H22F2N4O5S/c1-4-34-22-20(33-2)8-7-17(27-22)19(12-35(3,31)32)29-21-18(28-23(29)30)9-13(11-26-21)15-6-5-14(24)10-16(15)25/h5-11,19H,4,12H2,1-3H3,(H,28,30)/t19-/m1/s1. The number of nitrogens with one attached hydrogen (secondary N) is 1. The van der Waals surface area contributed by atoms with Crippen LogP contribution in [-0.2, 0) is 9.84 Å². The van der Waals surface area contributed by atoms with Gasteiger partial charge in [-0.2, -0.15) is 0 Å². The molecule has 0 aliphatic heterocycles. The molecule has 0 bridgehead atoms. The van der Waals surface area contributed by atoms with E-state index in [0.29, 0.717) is 17.9 Å². The first kappa shape index (κ1) is 24.3. The van der Waals surface area contributed by atoms with E-state index in [1.807, 2.05) is 0 Å². The zero-order chi connectivity index (χ0) is 25.3. The summed E-state index contributed by atoms with van der Waals surface area (Å²) in [6, 6.07) is 6.70. The number of imidazole rings is 1. The number of H-pyrrole nitrogens is 1. The molecule has 1 N–H and O–H groups in total. The molecule has 35 heavy (non-hydrogen) atoms. The highest BCUT2D eigenvalue weighted by atomic mass is 32.2. The molecule has 4 aromatic rings. The van der Waals surface area contributed by atoms with Gasteiger partial charge in [-0.3, -0.25) is 4.57 Å². The zero-order valence-corrected chi connectivity index (χ0v) is 19.9. The normalized spacial score (nSPS) is 12.6. The van der Waals surface area contributed by atoms with Crippen molar-refractivity contribution in [2.75, 3.05) is 25.7 Å². The molecule has 0 saturated heterocycles. The highest BCUT2D eigenvalue weighted by Gasteiger charge is 2.27. The van der Waals surface area contributed by atoms with E-state index >= 15 is 0 Å². The van der Waals surface area contributed by atoms with Crippen LogP contribution < -0.4 is 15.2 Å². The van der Waals surface area contributed by atoms with Crippen molar-refractivity contribution in [3.05, 3.63) is 70.4 Å². The summed E-state index contributed by atoms with van der Waals surface area (Å²) in [6.07, 6.45) is 2.38. The van der Waals surface area contributed by atoms with Crippen molar-refractivity contribution in [2.24, 2.45) is 0 Å². The number of halogens is 2. The van der Waals surface area contributed by atoms with Crippen LogP contribution in [-0.4, -0.2) is 53.7 Å². The average Bonchev–Trinajstić information content (AvgIpc) is 3.11. The summed E-state index contributed by atoms with van der Waals surface area (Å²) in [5.41, 5.74) is 0.412. The summed E-state index contributed by atoms with van der Waals surface area (Å²) < 4.78 is 64.1. The van der Waals surface area contributed by atoms with Crippen LogP contribution in [0, 0.1) is 11.6 Å². The number of nitrogens with zero attached hydrogens (tertiary/aromatic N) is 3. The van der Waals surface area contributed by atoms with Crippen molar-refractivity contribution in [1.29, 1.82) is 0 Å². The molecule has 0 spiro atoms. The van der Waals surface area contributed by atoms with Gasteiger partial charge in [0.25, 0.3) is 5.88 Å². The molecule has 12 heteroatoms. The zero-order valence-electron chi connectivity index (χ0n) is 19.1. The molecule has 0 amide bonds. The monoisotopic (exact) mass is 504 g/mol. The molecule has 3 aromatic heterocycles. The molecular weight excluding hydrogens is 482 g/mol. The van der Waals surface area contributed by atoms with Gasteiger partial charge < -0.3 is 14.5 Å². The lowest BCUT2D eigenvalue weighted by Crippen LogP contribution is -2.29. The van der Waals surface area contributed by atoms with Crippen molar-refractivity contribution in [3.8, 4) is 22.8 Å². The summed E-state index contributed by atoms with van der Waals surface area (Å²) in [5.74, 6) is -1.44. The Hall–Kier alpha value is -3.80. The van der Waals surface area contributed by atoms with Gasteiger partial charge in [-0.1, -0.05) is 0 Å². The Bertz CT molecular complexity index is 1570. The lowest BCUT2D eigenvalue weighted by molar-refractivity contribution is 0.296. The maximum Gasteiger partial charge on any atom is 0.328 e. The number of ether oxygens (including phenoxy) is 2. The van der Waals surface area contributed by atoms with Gasteiger partial charge in [0, 0.05) is 29.6 Å². The summed E-state index contributed by atoms with van der Waals surface area (Å²) in [6.45, 7) is 2.05. The van der Waals surface area contributed by atoms with Crippen molar-refractivity contribution < 1.29 is 26.7 Å². The number of benzene rings is 1. The van der Waals surface area contributed by atoms with E-state index in [0.717, 1.165) is 18.4 Å². The van der Waals surface area contributed by atoms with Crippen LogP contribution in [0.3, 0.4) is 0 Å². The molecule has 0 saturated carbocycles. The van der Waals surface area contributed by atoms with E-state index in [9.17, 15) is 22.0 Å². The number of sulfone groups is 1. The van der Waals surface area contributed by atoms with Gasteiger partial charge in [0.15, 0.2) is 11.4 Å². The largest absolute Gasteiger partial charge is 0.491 e. The van der Waals surface area contributed by atoms with Crippen LogP contribution in [0.25, 0.3) is 22.3 Å². The number of hydrogen-bond donors (Lipinski definition) is 1. The number of hydrogen-bond acceptors (Lipinski definition) is 7. The van der Waals surface area contributed by atoms with Crippen LogP contribution in [0.5, 0.6) is 11.6 Å². The van der Waals surface area contributed by atoms with Crippen molar-refractivity contribution in [2.45, 2.75) is 13.0 Å². The van der Waals surface area contributed by atoms with Crippen LogP contribution in [0.4, 0.5) is 8.78 Å². The Morgan fingerprint density at radius 2 is 1.94 bits per heavy atom. The number of fused-ring (bicyclic) bond motifs is 1. The third kappa shape index (κ3) is 5.02. The van der Waals surface area contributed by atoms with Gasteiger partial charge >= 0.3 is 5.69 Å². The Balaban J connectivity index is 1.88. The van der Waals surface area contributed by atoms with Gasteiger partial charge in [0.2, 0.25) is 0 Å². The summed E-state index contributed by atoms with van der Waals surface area (Å²) >= 11 is 0. The van der Waals surface area contributed by atoms with Crippen LogP contribution >= 0.6 is 0 Å². The SMILES string of the molecule is CCOc1nc([C@@H](CS(C)(=O)=O)n2c(=O)[nH]c3cc(-c4ccc(F)cc4F)cnc32)ccc1OC. The lowest BCUT2D eigenvalue weighted by atomic mass is 10.1. The third-order valence-electron chi connectivity index (χ3n) is 5.26. The first-order chi connectivity index (χ1) is 16.6. The van der Waals surface area contributed by atoms with Gasteiger partial charge in [-0.05, 0) is 37.3 Å². The number of aromatic amines is 1. The minimum atomic E-state index is -3.58. The van der Waals surface area contributed by atoms with Gasteiger partial charge in [-0.25, -0.2) is 32.0 Å². The number of rotatable bonds is 8. The minimum Gasteiger partial charge on any atom is -0.491 e. The minimum absolute atomic E-state index is 0.0975. The molecule has 3 heterocycles. The second-order valence-corrected chi connectivity index (χ2v) is 9.99. The van der Waals surface area contributed by atoms with Gasteiger partial charge in [-0.15, -0.1) is 0 Å². The van der Waals surface area contributed by atoms with E-state index in [1.54, 1.807) is 19.1 Å². The van der Waals surface area contributed by atoms with Crippen LogP contribution in [0.2, 0.25) is 0 Å². The van der Waals surface area contributed by atoms with E-state index in [2.05, 4.69) is 15.0 Å². The Morgan fingerprint density at radius 1 is 1.17 bits per heavy atom. The molecule has 0 aliphatic rings. The highest BCUT2D eigenvalue weighted by Crippen LogP contribution is 2.30. The highest BCUT2D eigenvalue weighted by molar-refractivity contribution is 7.90. The van der Waals surface area contributed by atoms with E-state index in [1.165, 1.54) is 30.0 Å². The van der Waals surface area contributed by atoms with Crippen molar-refractivity contribution in [3.63, 3.8) is 0 Å². The molecule has 9 nitrogen and oxygen atoms in total. The number of pyridine rings is 2. The van der Waals surface area contributed by atoms with Gasteiger partial charge in [0.05, 0.1) is 36.7 Å². The molecule has 1 aromatic carbocycles. The summed E-state index contributed by atoms with van der Waals surface area (Å²) in [7, 11) is -2.14. The molecule has 0 unspecified atom stereocenters. The molecular formula is C23H22F2N4O5S. The van der Waals surface area contributed by atoms with E-state index < -0.39 is 39.0 Å². The maximum absolute atomic E-state index is 14.3. The number of methoxy groups -OCH3 is 1. The maximum atomic E-state index is 14.3. The molecule has 184 valence electrons. The van der Waals surface area contributed by atoms with Gasteiger partial charge in [0.1, 0.15) is 21.5 Å². The molecule has 0 radical (unpaired) electrons. The predicted octanol–water partition coefficient (Wildman–Crippen LogP) is 3.11. The average molecular weight is 505 g/mol. The number of aromatic nitrogens is 4. The second-order valence-electron chi connectivity index (χ2n) is 7.80. The van der Waals surface area contributed by atoms with E-state index in [-0.39, 0.29) is 28.3 Å². The summed E-state index contributed by atoms with van der Waals surface area (Å²) in [5, 5.41) is 0. The fourth-order valence-corrected chi connectivity index (χ4v) is 4.67. The lowest BCUT2D eigenvalue weighted by Gasteiger charge is -2.19. The third-order valence-corrected chi connectivity index (χ3v) is 6.18. The van der Waals surface area contributed by atoms with Crippen molar-refractivity contribution >= 4 is 21.0 Å². The van der Waals surface area contributed by atoms with Crippen LogP contribution in [0.1, 0.15) is 18.7 Å². The summed E-state index contributed by atoms with van der Waals surface area (Å²) in [4.78, 5) is 24.3. The first-order valence-corrected chi connectivity index (χ1v) is 12.6. The molecule has 0 aliphatic carbocycles. The predicted molar refractivity (Wildman–Crippen MR) is 126 cm³/mol.